The lowest BCUT2D eigenvalue weighted by Gasteiger charge is -2.27. The summed E-state index contributed by atoms with van der Waals surface area (Å²) in [6, 6.07) is 0. The Hall–Kier alpha value is 0.110. The van der Waals surface area contributed by atoms with Crippen molar-refractivity contribution in [2.75, 3.05) is 0 Å². The summed E-state index contributed by atoms with van der Waals surface area (Å²) in [5.74, 6) is 0. The van der Waals surface area contributed by atoms with Crippen LogP contribution < -0.4 is 0 Å². The molecule has 0 aromatic carbocycles. The third kappa shape index (κ3) is 12.2. The predicted molar refractivity (Wildman–Crippen MR) is 97.8 cm³/mol. The van der Waals surface area contributed by atoms with Crippen LogP contribution in [-0.2, 0) is 18.1 Å². The van der Waals surface area contributed by atoms with Gasteiger partial charge in [0, 0.05) is 0 Å². The molecular weight excluding hydrogens is 311 g/mol. The van der Waals surface area contributed by atoms with Gasteiger partial charge in [-0.1, -0.05) is 59.3 Å². The lowest BCUT2D eigenvalue weighted by atomic mass is 10.2. The zero-order valence-corrected chi connectivity index (χ0v) is 17.1. The lowest BCUT2D eigenvalue weighted by Crippen LogP contribution is -2.17. The maximum atomic E-state index is 13.1. The van der Waals surface area contributed by atoms with Crippen LogP contribution in [0.5, 0.6) is 0 Å². The minimum Gasteiger partial charge on any atom is -0.284 e. The largest absolute Gasteiger partial charge is 0.475 e. The second-order valence-electron chi connectivity index (χ2n) is 6.62. The third-order valence-corrected chi connectivity index (χ3v) is 5.67. The highest BCUT2D eigenvalue weighted by Gasteiger charge is 2.33. The minimum absolute atomic E-state index is 0.113. The third-order valence-electron chi connectivity index (χ3n) is 3.82. The van der Waals surface area contributed by atoms with E-state index in [9.17, 15) is 4.57 Å². The molecule has 4 nitrogen and oxygen atoms in total. The Morgan fingerprint density at radius 3 is 1.13 bits per heavy atom. The van der Waals surface area contributed by atoms with Gasteiger partial charge in [-0.3, -0.25) is 13.6 Å². The standard InChI is InChI=1S/C18H39O4P/c1-7-10-13-16(4)20-23(19,21-17(5)14-11-8-2)22-18(6)15-12-9-3/h16-18H,7-15H2,1-6H3. The van der Waals surface area contributed by atoms with Crippen LogP contribution in [0.15, 0.2) is 0 Å². The molecule has 0 rings (SSSR count). The highest BCUT2D eigenvalue weighted by atomic mass is 31.2. The second kappa shape index (κ2) is 13.4. The fraction of sp³-hybridized carbons (Fsp3) is 1.00. The van der Waals surface area contributed by atoms with E-state index in [0.717, 1.165) is 57.8 Å². The summed E-state index contributed by atoms with van der Waals surface area (Å²) in [6.45, 7) is 12.3. The van der Waals surface area contributed by atoms with E-state index in [1.165, 1.54) is 0 Å². The molecule has 3 atom stereocenters. The van der Waals surface area contributed by atoms with Gasteiger partial charge in [-0.05, 0) is 40.0 Å². The first-order valence-electron chi connectivity index (χ1n) is 9.52. The first-order chi connectivity index (χ1) is 10.9. The van der Waals surface area contributed by atoms with Gasteiger partial charge >= 0.3 is 7.82 Å². The number of phosphoric ester groups is 1. The zero-order valence-electron chi connectivity index (χ0n) is 16.2. The molecule has 140 valence electrons. The molecule has 0 aliphatic carbocycles. The Balaban J connectivity index is 4.70. The van der Waals surface area contributed by atoms with Gasteiger partial charge in [0.2, 0.25) is 0 Å². The van der Waals surface area contributed by atoms with Crippen molar-refractivity contribution in [2.24, 2.45) is 0 Å². The summed E-state index contributed by atoms with van der Waals surface area (Å²) in [5, 5.41) is 0. The summed E-state index contributed by atoms with van der Waals surface area (Å²) < 4.78 is 30.3. The molecule has 0 heterocycles. The van der Waals surface area contributed by atoms with Gasteiger partial charge in [-0.2, -0.15) is 0 Å². The predicted octanol–water partition coefficient (Wildman–Crippen LogP) is 6.88. The van der Waals surface area contributed by atoms with Crippen LogP contribution in [0.4, 0.5) is 0 Å². The van der Waals surface area contributed by atoms with Crippen LogP contribution in [0, 0.1) is 0 Å². The maximum absolute atomic E-state index is 13.1. The van der Waals surface area contributed by atoms with Crippen molar-refractivity contribution >= 4 is 7.82 Å². The summed E-state index contributed by atoms with van der Waals surface area (Å²) >= 11 is 0. The highest BCUT2D eigenvalue weighted by Crippen LogP contribution is 2.53. The molecule has 0 aromatic rings. The molecule has 0 radical (unpaired) electrons. The van der Waals surface area contributed by atoms with Crippen molar-refractivity contribution in [3.05, 3.63) is 0 Å². The van der Waals surface area contributed by atoms with Gasteiger partial charge < -0.3 is 0 Å². The Labute approximate surface area is 144 Å². The normalized spacial score (nSPS) is 18.3. The topological polar surface area (TPSA) is 44.8 Å². The molecule has 0 aromatic heterocycles. The van der Waals surface area contributed by atoms with Crippen molar-refractivity contribution in [1.29, 1.82) is 0 Å². The number of rotatable bonds is 15. The van der Waals surface area contributed by atoms with Gasteiger partial charge in [0.05, 0.1) is 18.3 Å². The van der Waals surface area contributed by atoms with Crippen LogP contribution in [0.3, 0.4) is 0 Å². The van der Waals surface area contributed by atoms with E-state index in [4.69, 9.17) is 13.6 Å². The number of hydrogen-bond acceptors (Lipinski definition) is 4. The molecule has 23 heavy (non-hydrogen) atoms. The first-order valence-corrected chi connectivity index (χ1v) is 11.0. The smallest absolute Gasteiger partial charge is 0.284 e. The molecule has 0 saturated heterocycles. The van der Waals surface area contributed by atoms with Crippen LogP contribution in [0.2, 0.25) is 0 Å². The number of phosphoric acid groups is 1. The summed E-state index contributed by atoms with van der Waals surface area (Å²) in [7, 11) is -3.51. The van der Waals surface area contributed by atoms with E-state index in [1.54, 1.807) is 0 Å². The van der Waals surface area contributed by atoms with Crippen molar-refractivity contribution in [2.45, 2.75) is 118 Å². The van der Waals surface area contributed by atoms with Crippen molar-refractivity contribution < 1.29 is 18.1 Å². The Bertz CT molecular complexity index is 275. The van der Waals surface area contributed by atoms with Gasteiger partial charge in [0.15, 0.2) is 0 Å². The molecule has 0 spiro atoms. The molecule has 0 fully saturated rings. The second-order valence-corrected chi connectivity index (χ2v) is 8.15. The summed E-state index contributed by atoms with van der Waals surface area (Å²) in [6.07, 6.45) is 8.74. The molecule has 0 aliphatic rings. The summed E-state index contributed by atoms with van der Waals surface area (Å²) in [4.78, 5) is 0. The average Bonchev–Trinajstić information content (AvgIpc) is 2.48. The number of hydrogen-bond donors (Lipinski definition) is 0. The van der Waals surface area contributed by atoms with E-state index in [-0.39, 0.29) is 18.3 Å². The number of unbranched alkanes of at least 4 members (excludes halogenated alkanes) is 3. The minimum atomic E-state index is -3.51. The van der Waals surface area contributed by atoms with Gasteiger partial charge in [0.25, 0.3) is 0 Å². The van der Waals surface area contributed by atoms with Crippen LogP contribution in [0.25, 0.3) is 0 Å². The van der Waals surface area contributed by atoms with E-state index in [0.29, 0.717) is 0 Å². The maximum Gasteiger partial charge on any atom is 0.475 e. The quantitative estimate of drug-likeness (QED) is 0.302. The molecule has 0 N–H and O–H groups in total. The van der Waals surface area contributed by atoms with E-state index in [1.807, 2.05) is 20.8 Å². The van der Waals surface area contributed by atoms with Crippen LogP contribution in [-0.4, -0.2) is 18.3 Å². The van der Waals surface area contributed by atoms with Crippen molar-refractivity contribution in [3.8, 4) is 0 Å². The molecular formula is C18H39O4P. The van der Waals surface area contributed by atoms with Crippen LogP contribution >= 0.6 is 7.82 Å². The van der Waals surface area contributed by atoms with E-state index >= 15 is 0 Å². The monoisotopic (exact) mass is 350 g/mol. The van der Waals surface area contributed by atoms with Gasteiger partial charge in [-0.15, -0.1) is 0 Å². The SMILES string of the molecule is CCCCC(C)OP(=O)(OC(C)CCCC)OC(C)CCCC. The van der Waals surface area contributed by atoms with E-state index in [2.05, 4.69) is 20.8 Å². The molecule has 5 heteroatoms. The fourth-order valence-electron chi connectivity index (χ4n) is 2.37. The van der Waals surface area contributed by atoms with Crippen molar-refractivity contribution in [1.82, 2.24) is 0 Å². The Morgan fingerprint density at radius 2 is 0.913 bits per heavy atom. The summed E-state index contributed by atoms with van der Waals surface area (Å²) in [5.41, 5.74) is 0. The van der Waals surface area contributed by atoms with E-state index < -0.39 is 7.82 Å². The molecule has 3 unspecified atom stereocenters. The zero-order chi connectivity index (χ0) is 17.7. The fourth-order valence-corrected chi connectivity index (χ4v) is 4.16. The van der Waals surface area contributed by atoms with Gasteiger partial charge in [-0.25, -0.2) is 4.57 Å². The van der Waals surface area contributed by atoms with Crippen LogP contribution in [0.1, 0.15) is 99.3 Å². The van der Waals surface area contributed by atoms with Gasteiger partial charge in [0.1, 0.15) is 0 Å². The highest BCUT2D eigenvalue weighted by molar-refractivity contribution is 7.48. The van der Waals surface area contributed by atoms with Crippen molar-refractivity contribution in [3.63, 3.8) is 0 Å². The Kier molecular flexibility index (Phi) is 13.5. The lowest BCUT2D eigenvalue weighted by molar-refractivity contribution is 0.0361. The molecule has 0 bridgehead atoms. The molecule has 0 saturated carbocycles. The first kappa shape index (κ1) is 23.1. The molecule has 0 aliphatic heterocycles. The molecule has 0 amide bonds. The Morgan fingerprint density at radius 1 is 0.652 bits per heavy atom. The average molecular weight is 350 g/mol.